The van der Waals surface area contributed by atoms with Crippen molar-refractivity contribution >= 4 is 27.0 Å². The maximum atomic E-state index is 12.4. The fourth-order valence-electron chi connectivity index (χ4n) is 3.11. The highest BCUT2D eigenvalue weighted by atomic mass is 32.2. The first kappa shape index (κ1) is 20.0. The number of carbonyl (C=O) groups is 1. The predicted octanol–water partition coefficient (Wildman–Crippen LogP) is 2.00. The normalized spacial score (nSPS) is 11.6. The number of imidazole rings is 1. The van der Waals surface area contributed by atoms with Crippen LogP contribution in [-0.2, 0) is 34.2 Å². The van der Waals surface area contributed by atoms with Gasteiger partial charge < -0.3 is 9.88 Å². The van der Waals surface area contributed by atoms with E-state index in [1.807, 2.05) is 28.8 Å². The van der Waals surface area contributed by atoms with E-state index < -0.39 is 10.0 Å². The number of nitrogens with two attached hydrogens (primary N) is 1. The van der Waals surface area contributed by atoms with E-state index in [1.165, 1.54) is 12.1 Å². The fraction of sp³-hybridized carbons (Fsp3) is 0.300. The summed E-state index contributed by atoms with van der Waals surface area (Å²) in [5.41, 5.74) is 2.78. The van der Waals surface area contributed by atoms with Gasteiger partial charge in [-0.05, 0) is 42.7 Å². The molecule has 0 radical (unpaired) electrons. The molecule has 0 saturated heterocycles. The van der Waals surface area contributed by atoms with Crippen molar-refractivity contribution in [1.82, 2.24) is 14.9 Å². The molecule has 1 amide bonds. The van der Waals surface area contributed by atoms with E-state index in [9.17, 15) is 13.2 Å². The van der Waals surface area contributed by atoms with Crippen molar-refractivity contribution in [2.75, 3.05) is 6.54 Å². The molecule has 148 valence electrons. The number of primary sulfonamides is 1. The molecule has 3 N–H and O–H groups in total. The summed E-state index contributed by atoms with van der Waals surface area (Å²) in [5, 5.41) is 8.01. The lowest BCUT2D eigenvalue weighted by molar-refractivity contribution is -0.121. The lowest BCUT2D eigenvalue weighted by Gasteiger charge is -2.10. The Bertz CT molecular complexity index is 1070. The van der Waals surface area contributed by atoms with Gasteiger partial charge in [-0.15, -0.1) is 0 Å². The van der Waals surface area contributed by atoms with Crippen molar-refractivity contribution in [3.8, 4) is 0 Å². The number of amides is 1. The van der Waals surface area contributed by atoms with Gasteiger partial charge in [0, 0.05) is 13.0 Å². The number of fused-ring (bicyclic) bond motifs is 1. The number of nitrogens with one attached hydrogen (secondary N) is 1. The summed E-state index contributed by atoms with van der Waals surface area (Å²) in [6, 6.07) is 14.2. The Labute approximate surface area is 164 Å². The maximum Gasteiger partial charge on any atom is 0.240 e. The zero-order chi connectivity index (χ0) is 20.1. The van der Waals surface area contributed by atoms with Crippen molar-refractivity contribution in [3.63, 3.8) is 0 Å². The SMILES string of the molecule is CCCc1nc2ccccc2n1CC(=O)NCCc1ccc(S(N)(=O)=O)cc1. The molecule has 0 atom stereocenters. The fourth-order valence-corrected chi connectivity index (χ4v) is 3.62. The topological polar surface area (TPSA) is 107 Å². The van der Waals surface area contributed by atoms with Gasteiger partial charge in [-0.3, -0.25) is 4.79 Å². The van der Waals surface area contributed by atoms with Gasteiger partial charge in [0.15, 0.2) is 0 Å². The first-order chi connectivity index (χ1) is 13.4. The second-order valence-electron chi connectivity index (χ2n) is 6.64. The molecule has 8 heteroatoms. The number of sulfonamides is 1. The minimum absolute atomic E-state index is 0.0794. The average molecular weight is 401 g/mol. The summed E-state index contributed by atoms with van der Waals surface area (Å²) in [7, 11) is -3.69. The number of hydrogen-bond donors (Lipinski definition) is 2. The molecule has 0 fully saturated rings. The van der Waals surface area contributed by atoms with Crippen LogP contribution in [0.15, 0.2) is 53.4 Å². The number of aromatic nitrogens is 2. The number of nitrogens with zero attached hydrogens (tertiary/aromatic N) is 2. The molecule has 0 aliphatic heterocycles. The van der Waals surface area contributed by atoms with E-state index in [2.05, 4.69) is 17.2 Å². The highest BCUT2D eigenvalue weighted by molar-refractivity contribution is 7.89. The number of benzene rings is 2. The van der Waals surface area contributed by atoms with Crippen molar-refractivity contribution in [2.24, 2.45) is 5.14 Å². The van der Waals surface area contributed by atoms with Crippen molar-refractivity contribution in [2.45, 2.75) is 37.6 Å². The zero-order valence-electron chi connectivity index (χ0n) is 15.8. The minimum atomic E-state index is -3.69. The monoisotopic (exact) mass is 400 g/mol. The molecule has 1 heterocycles. The number of rotatable bonds is 8. The highest BCUT2D eigenvalue weighted by Crippen LogP contribution is 2.17. The Morgan fingerprint density at radius 1 is 1.11 bits per heavy atom. The van der Waals surface area contributed by atoms with Gasteiger partial charge in [-0.1, -0.05) is 31.2 Å². The smallest absolute Gasteiger partial charge is 0.240 e. The van der Waals surface area contributed by atoms with Crippen molar-refractivity contribution in [3.05, 3.63) is 59.9 Å². The molecule has 0 spiro atoms. The van der Waals surface area contributed by atoms with Gasteiger partial charge >= 0.3 is 0 Å². The Hall–Kier alpha value is -2.71. The second kappa shape index (κ2) is 8.53. The third-order valence-electron chi connectivity index (χ3n) is 4.50. The Balaban J connectivity index is 1.60. The molecule has 2 aromatic carbocycles. The first-order valence-electron chi connectivity index (χ1n) is 9.21. The molecule has 0 aliphatic rings. The Morgan fingerprint density at radius 2 is 1.82 bits per heavy atom. The van der Waals surface area contributed by atoms with E-state index >= 15 is 0 Å². The van der Waals surface area contributed by atoms with Gasteiger partial charge in [0.25, 0.3) is 0 Å². The van der Waals surface area contributed by atoms with Crippen LogP contribution in [0, 0.1) is 0 Å². The summed E-state index contributed by atoms with van der Waals surface area (Å²) in [4.78, 5) is 17.1. The zero-order valence-corrected chi connectivity index (χ0v) is 16.6. The number of carbonyl (C=O) groups excluding carboxylic acids is 1. The van der Waals surface area contributed by atoms with E-state index in [-0.39, 0.29) is 17.3 Å². The lowest BCUT2D eigenvalue weighted by atomic mass is 10.1. The number of aryl methyl sites for hydroxylation is 1. The molecule has 0 bridgehead atoms. The minimum Gasteiger partial charge on any atom is -0.354 e. The summed E-state index contributed by atoms with van der Waals surface area (Å²) in [6.45, 7) is 2.77. The van der Waals surface area contributed by atoms with Crippen LogP contribution in [0.1, 0.15) is 24.7 Å². The predicted molar refractivity (Wildman–Crippen MR) is 108 cm³/mol. The van der Waals surface area contributed by atoms with E-state index in [4.69, 9.17) is 5.14 Å². The third-order valence-corrected chi connectivity index (χ3v) is 5.43. The summed E-state index contributed by atoms with van der Waals surface area (Å²) in [6.07, 6.45) is 2.38. The molecular formula is C20H24N4O3S. The molecule has 1 aromatic heterocycles. The second-order valence-corrected chi connectivity index (χ2v) is 8.20. The molecule has 3 rings (SSSR count). The summed E-state index contributed by atoms with van der Waals surface area (Å²) >= 11 is 0. The molecular weight excluding hydrogens is 376 g/mol. The molecule has 0 aliphatic carbocycles. The number of hydrogen-bond acceptors (Lipinski definition) is 4. The van der Waals surface area contributed by atoms with Gasteiger partial charge in [0.1, 0.15) is 12.4 Å². The highest BCUT2D eigenvalue weighted by Gasteiger charge is 2.13. The Kier molecular flexibility index (Phi) is 6.11. The van der Waals surface area contributed by atoms with Crippen LogP contribution in [0.3, 0.4) is 0 Å². The quantitative estimate of drug-likeness (QED) is 0.603. The standard InChI is InChI=1S/C20H24N4O3S/c1-2-5-19-23-17-6-3-4-7-18(17)24(19)14-20(25)22-13-12-15-8-10-16(11-9-15)28(21,26)27/h3-4,6-11H,2,5,12-14H2,1H3,(H,22,25)(H2,21,26,27). The van der Waals surface area contributed by atoms with Crippen LogP contribution in [0.25, 0.3) is 11.0 Å². The maximum absolute atomic E-state index is 12.4. The number of para-hydroxylation sites is 2. The summed E-state index contributed by atoms with van der Waals surface area (Å²) in [5.74, 6) is 0.832. The van der Waals surface area contributed by atoms with Crippen LogP contribution >= 0.6 is 0 Å². The van der Waals surface area contributed by atoms with Crippen LogP contribution in [0.5, 0.6) is 0 Å². The van der Waals surface area contributed by atoms with Gasteiger partial charge in [-0.25, -0.2) is 18.5 Å². The first-order valence-corrected chi connectivity index (χ1v) is 10.8. The van der Waals surface area contributed by atoms with Crippen molar-refractivity contribution in [1.29, 1.82) is 0 Å². The average Bonchev–Trinajstić information content (AvgIpc) is 2.99. The molecule has 0 saturated carbocycles. The van der Waals surface area contributed by atoms with Gasteiger partial charge in [0.05, 0.1) is 15.9 Å². The molecule has 7 nitrogen and oxygen atoms in total. The van der Waals surface area contributed by atoms with E-state index in [0.717, 1.165) is 35.3 Å². The Morgan fingerprint density at radius 3 is 2.50 bits per heavy atom. The molecule has 3 aromatic rings. The largest absolute Gasteiger partial charge is 0.354 e. The van der Waals surface area contributed by atoms with Gasteiger partial charge in [-0.2, -0.15) is 0 Å². The summed E-state index contributed by atoms with van der Waals surface area (Å²) < 4.78 is 24.5. The van der Waals surface area contributed by atoms with Crippen LogP contribution in [-0.4, -0.2) is 30.4 Å². The van der Waals surface area contributed by atoms with Gasteiger partial charge in [0.2, 0.25) is 15.9 Å². The van der Waals surface area contributed by atoms with Crippen LogP contribution in [0.4, 0.5) is 0 Å². The molecule has 0 unspecified atom stereocenters. The molecule has 28 heavy (non-hydrogen) atoms. The van der Waals surface area contributed by atoms with Crippen LogP contribution < -0.4 is 10.5 Å². The van der Waals surface area contributed by atoms with E-state index in [0.29, 0.717) is 13.0 Å². The van der Waals surface area contributed by atoms with Crippen LogP contribution in [0.2, 0.25) is 0 Å². The lowest BCUT2D eigenvalue weighted by Crippen LogP contribution is -2.30. The van der Waals surface area contributed by atoms with Crippen molar-refractivity contribution < 1.29 is 13.2 Å². The van der Waals surface area contributed by atoms with E-state index in [1.54, 1.807) is 12.1 Å². The third kappa shape index (κ3) is 4.76.